The van der Waals surface area contributed by atoms with E-state index in [1.807, 2.05) is 13.8 Å². The third-order valence-corrected chi connectivity index (χ3v) is 5.98. The molecular weight excluding hydrogens is 407 g/mol. The number of carbonyl (C=O) groups excluding carboxylic acids is 1. The van der Waals surface area contributed by atoms with Crippen LogP contribution in [0.25, 0.3) is 11.0 Å². The van der Waals surface area contributed by atoms with E-state index >= 15 is 0 Å². The number of aryl methyl sites for hydroxylation is 1. The first-order valence-electron chi connectivity index (χ1n) is 10.2. The number of nitrogens with zero attached hydrogens (tertiary/aromatic N) is 3. The molecule has 0 radical (unpaired) electrons. The predicted octanol–water partition coefficient (Wildman–Crippen LogP) is 5.01. The first-order valence-corrected chi connectivity index (χ1v) is 10.2. The smallest absolute Gasteiger partial charge is 0.369 e. The molecule has 0 saturated heterocycles. The number of fused-ring (bicyclic) bond motifs is 2. The summed E-state index contributed by atoms with van der Waals surface area (Å²) in [6, 6.07) is 13.5. The van der Waals surface area contributed by atoms with Crippen LogP contribution in [0.3, 0.4) is 0 Å². The molecule has 1 atom stereocenters. The van der Waals surface area contributed by atoms with E-state index in [9.17, 15) is 23.1 Å². The number of carbonyl (C=O) groups is 1. The molecule has 2 heterocycles. The fourth-order valence-corrected chi connectivity index (χ4v) is 4.06. The number of aliphatic hydroxyl groups excluding tert-OH is 1. The maximum absolute atomic E-state index is 13.5. The van der Waals surface area contributed by atoms with Gasteiger partial charge in [-0.1, -0.05) is 44.2 Å². The van der Waals surface area contributed by atoms with Crippen LogP contribution in [0.2, 0.25) is 0 Å². The summed E-state index contributed by atoms with van der Waals surface area (Å²) in [6.07, 6.45) is -4.53. The summed E-state index contributed by atoms with van der Waals surface area (Å²) >= 11 is 0. The SMILES string of the molecule is CC(C)(CCN1C(=O)c2ccccc2C1O)CCn1c(C(F)(F)F)nc2ccccc21. The van der Waals surface area contributed by atoms with Gasteiger partial charge in [0.15, 0.2) is 6.23 Å². The zero-order valence-electron chi connectivity index (χ0n) is 17.4. The Bertz CT molecular complexity index is 1120. The number of imidazole rings is 1. The van der Waals surface area contributed by atoms with Crippen LogP contribution in [0.4, 0.5) is 13.2 Å². The van der Waals surface area contributed by atoms with E-state index in [0.717, 1.165) is 0 Å². The molecule has 1 aliphatic rings. The highest BCUT2D eigenvalue weighted by atomic mass is 19.4. The van der Waals surface area contributed by atoms with E-state index in [-0.39, 0.29) is 17.9 Å². The molecule has 0 bridgehead atoms. The Balaban J connectivity index is 1.47. The van der Waals surface area contributed by atoms with Crippen LogP contribution in [0.5, 0.6) is 0 Å². The molecule has 1 unspecified atom stereocenters. The Hall–Kier alpha value is -2.87. The second-order valence-electron chi connectivity index (χ2n) is 8.70. The van der Waals surface area contributed by atoms with E-state index in [1.165, 1.54) is 9.47 Å². The standard InChI is InChI=1S/C23H24F3N3O2/c1-22(2,12-14-29-19(30)15-7-3-4-8-16(15)20(29)31)11-13-28-18-10-6-5-9-17(18)27-21(28)23(24,25)26/h3-10,19,30H,11-14H2,1-2H3. The Morgan fingerprint density at radius 3 is 2.35 bits per heavy atom. The highest BCUT2D eigenvalue weighted by Gasteiger charge is 2.38. The van der Waals surface area contributed by atoms with Gasteiger partial charge < -0.3 is 14.6 Å². The number of halogens is 3. The van der Waals surface area contributed by atoms with Gasteiger partial charge in [0.05, 0.1) is 11.0 Å². The second-order valence-corrected chi connectivity index (χ2v) is 8.70. The van der Waals surface area contributed by atoms with Crippen molar-refractivity contribution in [3.8, 4) is 0 Å². The average molecular weight is 431 g/mol. The van der Waals surface area contributed by atoms with Crippen molar-refractivity contribution < 1.29 is 23.1 Å². The lowest BCUT2D eigenvalue weighted by molar-refractivity contribution is -0.147. The molecule has 5 nitrogen and oxygen atoms in total. The number of aliphatic hydroxyl groups is 1. The lowest BCUT2D eigenvalue weighted by Crippen LogP contribution is -2.32. The lowest BCUT2D eigenvalue weighted by atomic mass is 9.85. The number of benzene rings is 2. The summed E-state index contributed by atoms with van der Waals surface area (Å²) in [7, 11) is 0. The van der Waals surface area contributed by atoms with Crippen LogP contribution >= 0.6 is 0 Å². The summed E-state index contributed by atoms with van der Waals surface area (Å²) in [6.45, 7) is 4.39. The fourth-order valence-electron chi connectivity index (χ4n) is 4.06. The first-order chi connectivity index (χ1) is 14.6. The van der Waals surface area contributed by atoms with E-state index in [1.54, 1.807) is 48.5 Å². The summed E-state index contributed by atoms with van der Waals surface area (Å²) in [5, 5.41) is 10.5. The number of amides is 1. The number of rotatable bonds is 6. The highest BCUT2D eigenvalue weighted by molar-refractivity contribution is 5.98. The van der Waals surface area contributed by atoms with Crippen LogP contribution in [-0.4, -0.2) is 32.0 Å². The summed E-state index contributed by atoms with van der Waals surface area (Å²) in [4.78, 5) is 17.8. The third-order valence-electron chi connectivity index (χ3n) is 5.98. The van der Waals surface area contributed by atoms with Gasteiger partial charge >= 0.3 is 6.18 Å². The predicted molar refractivity (Wildman–Crippen MR) is 110 cm³/mol. The average Bonchev–Trinajstić information content (AvgIpc) is 3.21. The van der Waals surface area contributed by atoms with Crippen LogP contribution in [-0.2, 0) is 12.7 Å². The molecule has 0 spiro atoms. The minimum absolute atomic E-state index is 0.152. The van der Waals surface area contributed by atoms with Gasteiger partial charge in [-0.2, -0.15) is 13.2 Å². The van der Waals surface area contributed by atoms with Crippen molar-refractivity contribution in [2.75, 3.05) is 6.54 Å². The van der Waals surface area contributed by atoms with Crippen molar-refractivity contribution in [2.24, 2.45) is 5.41 Å². The maximum atomic E-state index is 13.5. The van der Waals surface area contributed by atoms with Gasteiger partial charge in [-0.15, -0.1) is 0 Å². The molecule has 0 aliphatic carbocycles. The van der Waals surface area contributed by atoms with Crippen molar-refractivity contribution in [2.45, 2.75) is 45.6 Å². The van der Waals surface area contributed by atoms with E-state index in [4.69, 9.17) is 0 Å². The molecule has 1 N–H and O–H groups in total. The molecule has 8 heteroatoms. The van der Waals surface area contributed by atoms with Gasteiger partial charge in [-0.25, -0.2) is 4.98 Å². The topological polar surface area (TPSA) is 58.4 Å². The normalized spacial score (nSPS) is 16.9. The monoisotopic (exact) mass is 431 g/mol. The quantitative estimate of drug-likeness (QED) is 0.597. The zero-order chi connectivity index (χ0) is 22.4. The van der Waals surface area contributed by atoms with Gasteiger partial charge in [0.25, 0.3) is 5.91 Å². The highest BCUT2D eigenvalue weighted by Crippen LogP contribution is 2.36. The minimum atomic E-state index is -4.54. The van der Waals surface area contributed by atoms with Crippen LogP contribution in [0, 0.1) is 5.41 Å². The molecule has 1 aliphatic heterocycles. The van der Waals surface area contributed by atoms with Crippen molar-refractivity contribution >= 4 is 16.9 Å². The molecule has 1 aromatic heterocycles. The number of aromatic nitrogens is 2. The third kappa shape index (κ3) is 4.04. The number of hydrogen-bond donors (Lipinski definition) is 1. The van der Waals surface area contributed by atoms with E-state index < -0.39 is 18.2 Å². The maximum Gasteiger partial charge on any atom is 0.449 e. The zero-order valence-corrected chi connectivity index (χ0v) is 17.4. The van der Waals surface area contributed by atoms with E-state index in [2.05, 4.69) is 4.98 Å². The molecule has 4 rings (SSSR count). The molecule has 0 saturated carbocycles. The summed E-state index contributed by atoms with van der Waals surface area (Å²) in [5.41, 5.74) is 1.49. The Labute approximate surface area is 178 Å². The van der Waals surface area contributed by atoms with Crippen molar-refractivity contribution in [1.29, 1.82) is 0 Å². The van der Waals surface area contributed by atoms with Gasteiger partial charge in [-0.3, -0.25) is 4.79 Å². The van der Waals surface area contributed by atoms with Crippen LogP contribution in [0.15, 0.2) is 48.5 Å². The van der Waals surface area contributed by atoms with Crippen LogP contribution < -0.4 is 0 Å². The van der Waals surface area contributed by atoms with Crippen molar-refractivity contribution in [1.82, 2.24) is 14.5 Å². The molecular formula is C23H24F3N3O2. The van der Waals surface area contributed by atoms with Gasteiger partial charge in [0.1, 0.15) is 0 Å². The molecule has 0 fully saturated rings. The van der Waals surface area contributed by atoms with Crippen LogP contribution in [0.1, 0.15) is 54.7 Å². The number of alkyl halides is 3. The molecule has 164 valence electrons. The Morgan fingerprint density at radius 2 is 1.65 bits per heavy atom. The molecule has 31 heavy (non-hydrogen) atoms. The summed E-state index contributed by atoms with van der Waals surface area (Å²) < 4.78 is 41.8. The number of hydrogen-bond acceptors (Lipinski definition) is 3. The summed E-state index contributed by atoms with van der Waals surface area (Å²) in [5.74, 6) is -1.12. The molecule has 3 aromatic rings. The first kappa shape index (κ1) is 21.4. The second kappa shape index (κ2) is 7.67. The molecule has 1 amide bonds. The van der Waals surface area contributed by atoms with E-state index in [0.29, 0.717) is 41.5 Å². The minimum Gasteiger partial charge on any atom is -0.369 e. The largest absolute Gasteiger partial charge is 0.449 e. The Kier molecular flexibility index (Phi) is 5.29. The van der Waals surface area contributed by atoms with Gasteiger partial charge in [0, 0.05) is 24.2 Å². The van der Waals surface area contributed by atoms with Gasteiger partial charge in [0.2, 0.25) is 5.82 Å². The lowest BCUT2D eigenvalue weighted by Gasteiger charge is -2.29. The fraction of sp³-hybridized carbons (Fsp3) is 0.391. The molecule has 2 aromatic carbocycles. The number of para-hydroxylation sites is 2. The Morgan fingerprint density at radius 1 is 1.00 bits per heavy atom. The van der Waals surface area contributed by atoms with Crippen molar-refractivity contribution in [3.63, 3.8) is 0 Å². The van der Waals surface area contributed by atoms with Gasteiger partial charge in [-0.05, 0) is 36.5 Å². The van der Waals surface area contributed by atoms with Crippen molar-refractivity contribution in [3.05, 3.63) is 65.5 Å².